The summed E-state index contributed by atoms with van der Waals surface area (Å²) in [6.07, 6.45) is 2.06. The van der Waals surface area contributed by atoms with Gasteiger partial charge in [0, 0.05) is 0 Å². The average Bonchev–Trinajstić information content (AvgIpc) is 2.63. The number of hydrogen-bond donors (Lipinski definition) is 0. The first-order chi connectivity index (χ1) is 11.4. The molecule has 3 rings (SSSR count). The van der Waals surface area contributed by atoms with Crippen molar-refractivity contribution in [3.63, 3.8) is 0 Å². The SMILES string of the molecule is C(#Cc1ccccc1)/C=C(\[Se]c1ccccc1)c1ccccc1. The van der Waals surface area contributed by atoms with Gasteiger partial charge in [-0.25, -0.2) is 0 Å². The average molecular weight is 359 g/mol. The molecule has 0 N–H and O–H groups in total. The standard InChI is InChI=1S/C22H16Se/c1-4-11-19(12-5-1)13-10-18-22(20-14-6-2-7-15-20)23-21-16-8-3-9-17-21/h1-9,11-12,14-18H/b22-18-. The van der Waals surface area contributed by atoms with Crippen LogP contribution in [0.2, 0.25) is 0 Å². The number of hydrogen-bond acceptors (Lipinski definition) is 0. The molecular weight excluding hydrogens is 343 g/mol. The van der Waals surface area contributed by atoms with Gasteiger partial charge in [0.1, 0.15) is 0 Å². The number of rotatable bonds is 3. The molecule has 0 saturated heterocycles. The molecule has 0 aliphatic carbocycles. The van der Waals surface area contributed by atoms with Gasteiger partial charge in [-0.15, -0.1) is 0 Å². The van der Waals surface area contributed by atoms with Gasteiger partial charge in [0.25, 0.3) is 0 Å². The molecule has 0 nitrogen and oxygen atoms in total. The van der Waals surface area contributed by atoms with Crippen molar-refractivity contribution in [3.8, 4) is 11.8 Å². The monoisotopic (exact) mass is 360 g/mol. The van der Waals surface area contributed by atoms with Crippen molar-refractivity contribution in [2.75, 3.05) is 0 Å². The fourth-order valence-corrected chi connectivity index (χ4v) is 4.02. The molecule has 0 aromatic heterocycles. The number of benzene rings is 3. The second-order valence-electron chi connectivity index (χ2n) is 4.93. The molecule has 0 aliphatic heterocycles. The topological polar surface area (TPSA) is 0 Å². The minimum atomic E-state index is 0.244. The van der Waals surface area contributed by atoms with E-state index in [-0.39, 0.29) is 15.0 Å². The van der Waals surface area contributed by atoms with Crippen LogP contribution < -0.4 is 4.46 Å². The van der Waals surface area contributed by atoms with E-state index in [1.807, 2.05) is 36.4 Å². The van der Waals surface area contributed by atoms with Crippen molar-refractivity contribution in [1.29, 1.82) is 0 Å². The third-order valence-electron chi connectivity index (χ3n) is 3.22. The van der Waals surface area contributed by atoms with Gasteiger partial charge in [-0.05, 0) is 0 Å². The van der Waals surface area contributed by atoms with Gasteiger partial charge in [-0.3, -0.25) is 0 Å². The van der Waals surface area contributed by atoms with E-state index in [4.69, 9.17) is 0 Å². The molecule has 0 bridgehead atoms. The van der Waals surface area contributed by atoms with Crippen LogP contribution >= 0.6 is 0 Å². The minimum absolute atomic E-state index is 0.244. The van der Waals surface area contributed by atoms with Crippen LogP contribution in [0.15, 0.2) is 97.1 Å². The molecule has 110 valence electrons. The van der Waals surface area contributed by atoms with E-state index in [1.54, 1.807) is 0 Å². The van der Waals surface area contributed by atoms with Crippen LogP contribution in [-0.4, -0.2) is 15.0 Å². The maximum absolute atomic E-state index is 3.22. The van der Waals surface area contributed by atoms with Gasteiger partial charge < -0.3 is 0 Å². The molecular formula is C22H16Se. The van der Waals surface area contributed by atoms with Gasteiger partial charge in [0.2, 0.25) is 0 Å². The van der Waals surface area contributed by atoms with Crippen molar-refractivity contribution in [3.05, 3.63) is 108 Å². The van der Waals surface area contributed by atoms with Crippen LogP contribution in [0.1, 0.15) is 11.1 Å². The molecule has 0 unspecified atom stereocenters. The van der Waals surface area contributed by atoms with Gasteiger partial charge in [-0.1, -0.05) is 0 Å². The summed E-state index contributed by atoms with van der Waals surface area (Å²) < 4.78 is 2.66. The Bertz CT molecular complexity index is 823. The van der Waals surface area contributed by atoms with Crippen molar-refractivity contribution in [1.82, 2.24) is 0 Å². The molecule has 3 aromatic rings. The van der Waals surface area contributed by atoms with E-state index >= 15 is 0 Å². The predicted molar refractivity (Wildman–Crippen MR) is 99.6 cm³/mol. The molecule has 0 amide bonds. The summed E-state index contributed by atoms with van der Waals surface area (Å²) in [6.45, 7) is 0. The Morgan fingerprint density at radius 3 is 1.91 bits per heavy atom. The van der Waals surface area contributed by atoms with Crippen molar-refractivity contribution in [2.24, 2.45) is 0 Å². The maximum atomic E-state index is 3.22. The summed E-state index contributed by atoms with van der Waals surface area (Å²) in [4.78, 5) is 0. The summed E-state index contributed by atoms with van der Waals surface area (Å²) in [5.41, 5.74) is 2.29. The Morgan fingerprint density at radius 1 is 0.696 bits per heavy atom. The second kappa shape index (κ2) is 8.20. The Labute approximate surface area is 144 Å². The molecule has 0 heterocycles. The van der Waals surface area contributed by atoms with Crippen LogP contribution in [0.25, 0.3) is 4.47 Å². The summed E-state index contributed by atoms with van der Waals surface area (Å²) >= 11 is 0.244. The molecule has 0 spiro atoms. The van der Waals surface area contributed by atoms with E-state index < -0.39 is 0 Å². The zero-order valence-corrected chi connectivity index (χ0v) is 14.4. The Kier molecular flexibility index (Phi) is 5.48. The van der Waals surface area contributed by atoms with E-state index in [9.17, 15) is 0 Å². The molecule has 1 heteroatoms. The summed E-state index contributed by atoms with van der Waals surface area (Å²) in [5, 5.41) is 0. The molecule has 0 atom stereocenters. The first-order valence-electron chi connectivity index (χ1n) is 7.47. The van der Waals surface area contributed by atoms with Crippen LogP contribution in [0.3, 0.4) is 0 Å². The number of allylic oxidation sites excluding steroid dienone is 1. The molecule has 0 fully saturated rings. The quantitative estimate of drug-likeness (QED) is 0.488. The zero-order valence-electron chi connectivity index (χ0n) is 12.6. The second-order valence-corrected chi connectivity index (χ2v) is 7.27. The Morgan fingerprint density at radius 2 is 1.26 bits per heavy atom. The van der Waals surface area contributed by atoms with Crippen molar-refractivity contribution < 1.29 is 0 Å². The fourth-order valence-electron chi connectivity index (χ4n) is 2.10. The zero-order chi connectivity index (χ0) is 15.7. The van der Waals surface area contributed by atoms with Crippen molar-refractivity contribution >= 4 is 23.9 Å². The summed E-state index contributed by atoms with van der Waals surface area (Å²) in [7, 11) is 0. The first kappa shape index (κ1) is 15.4. The van der Waals surface area contributed by atoms with Crippen LogP contribution in [-0.2, 0) is 0 Å². The third-order valence-corrected chi connectivity index (χ3v) is 5.49. The van der Waals surface area contributed by atoms with Crippen LogP contribution in [0, 0.1) is 11.8 Å². The van der Waals surface area contributed by atoms with E-state index in [2.05, 4.69) is 72.5 Å². The van der Waals surface area contributed by atoms with Gasteiger partial charge in [0.15, 0.2) is 0 Å². The molecule has 3 aromatic carbocycles. The molecule has 23 heavy (non-hydrogen) atoms. The predicted octanol–water partition coefficient (Wildman–Crippen LogP) is 4.11. The van der Waals surface area contributed by atoms with Crippen LogP contribution in [0.4, 0.5) is 0 Å². The normalized spacial score (nSPS) is 10.7. The fraction of sp³-hybridized carbons (Fsp3) is 0. The van der Waals surface area contributed by atoms with E-state index in [0.717, 1.165) is 5.56 Å². The van der Waals surface area contributed by atoms with Crippen molar-refractivity contribution in [2.45, 2.75) is 0 Å². The van der Waals surface area contributed by atoms with E-state index in [1.165, 1.54) is 14.5 Å². The molecule has 0 aliphatic rings. The Balaban J connectivity index is 1.89. The molecule has 0 saturated carbocycles. The van der Waals surface area contributed by atoms with Gasteiger partial charge in [0.05, 0.1) is 0 Å². The molecule has 0 radical (unpaired) electrons. The van der Waals surface area contributed by atoms with Gasteiger partial charge >= 0.3 is 144 Å². The first-order valence-corrected chi connectivity index (χ1v) is 9.18. The summed E-state index contributed by atoms with van der Waals surface area (Å²) in [6, 6.07) is 31.2. The van der Waals surface area contributed by atoms with E-state index in [0.29, 0.717) is 0 Å². The van der Waals surface area contributed by atoms with Gasteiger partial charge in [-0.2, -0.15) is 0 Å². The third kappa shape index (κ3) is 4.73. The van der Waals surface area contributed by atoms with Crippen LogP contribution in [0.5, 0.6) is 0 Å². The Hall–Kier alpha value is -2.52. The summed E-state index contributed by atoms with van der Waals surface area (Å²) in [5.74, 6) is 6.44.